The summed E-state index contributed by atoms with van der Waals surface area (Å²) in [6.45, 7) is 2.79. The van der Waals surface area contributed by atoms with Crippen LogP contribution in [0.25, 0.3) is 5.76 Å². The summed E-state index contributed by atoms with van der Waals surface area (Å²) in [7, 11) is 0. The SMILES string of the molecule is CCCOc1ccc(C2/C(=C(/O)c3ccc(Cl)cc3)C(=O)C(=O)N2Cc2cccnc2)cc1. The van der Waals surface area contributed by atoms with Gasteiger partial charge in [0.25, 0.3) is 11.7 Å². The van der Waals surface area contributed by atoms with Crippen molar-refractivity contribution in [2.75, 3.05) is 6.61 Å². The molecule has 1 aliphatic rings. The molecule has 1 atom stereocenters. The van der Waals surface area contributed by atoms with Gasteiger partial charge in [-0.25, -0.2) is 0 Å². The third kappa shape index (κ3) is 4.76. The summed E-state index contributed by atoms with van der Waals surface area (Å²) < 4.78 is 5.66. The highest BCUT2D eigenvalue weighted by atomic mass is 35.5. The molecule has 3 aromatic rings. The van der Waals surface area contributed by atoms with Crippen LogP contribution in [0.4, 0.5) is 0 Å². The number of Topliss-reactive ketones (excluding diaryl/α,β-unsaturated/α-hetero) is 1. The predicted molar refractivity (Wildman–Crippen MR) is 126 cm³/mol. The lowest BCUT2D eigenvalue weighted by atomic mass is 9.95. The van der Waals surface area contributed by atoms with E-state index in [0.717, 1.165) is 12.0 Å². The van der Waals surface area contributed by atoms with Crippen molar-refractivity contribution in [3.05, 3.63) is 100 Å². The van der Waals surface area contributed by atoms with Gasteiger partial charge >= 0.3 is 0 Å². The Morgan fingerprint density at radius 3 is 2.45 bits per heavy atom. The molecule has 33 heavy (non-hydrogen) atoms. The average Bonchev–Trinajstić information content (AvgIpc) is 3.08. The van der Waals surface area contributed by atoms with Crippen molar-refractivity contribution in [1.82, 2.24) is 9.88 Å². The van der Waals surface area contributed by atoms with Crippen molar-refractivity contribution in [2.45, 2.75) is 25.9 Å². The zero-order chi connectivity index (χ0) is 23.4. The van der Waals surface area contributed by atoms with E-state index in [9.17, 15) is 14.7 Å². The van der Waals surface area contributed by atoms with Crippen LogP contribution in [0.1, 0.15) is 36.1 Å². The second-order valence-electron chi connectivity index (χ2n) is 7.71. The van der Waals surface area contributed by atoms with Gasteiger partial charge in [0.15, 0.2) is 0 Å². The van der Waals surface area contributed by atoms with Crippen molar-refractivity contribution < 1.29 is 19.4 Å². The number of hydrogen-bond donors (Lipinski definition) is 1. The molecule has 1 fully saturated rings. The van der Waals surface area contributed by atoms with Gasteiger partial charge in [0.05, 0.1) is 18.2 Å². The summed E-state index contributed by atoms with van der Waals surface area (Å²) >= 11 is 5.97. The third-order valence-corrected chi connectivity index (χ3v) is 5.65. The van der Waals surface area contributed by atoms with Crippen LogP contribution < -0.4 is 4.74 Å². The minimum absolute atomic E-state index is 0.0356. The molecule has 0 aliphatic carbocycles. The van der Waals surface area contributed by atoms with Gasteiger partial charge in [0.2, 0.25) is 0 Å². The fraction of sp³-hybridized carbons (Fsp3) is 0.192. The maximum absolute atomic E-state index is 13.1. The highest BCUT2D eigenvalue weighted by Crippen LogP contribution is 2.40. The number of ether oxygens (including phenoxy) is 1. The number of aliphatic hydroxyl groups is 1. The fourth-order valence-electron chi connectivity index (χ4n) is 3.81. The van der Waals surface area contributed by atoms with E-state index < -0.39 is 17.7 Å². The second kappa shape index (κ2) is 9.88. The van der Waals surface area contributed by atoms with Gasteiger partial charge in [-0.1, -0.05) is 36.7 Å². The molecule has 1 unspecified atom stereocenters. The van der Waals surface area contributed by atoms with Crippen molar-refractivity contribution in [1.29, 1.82) is 0 Å². The molecular weight excluding hydrogens is 440 g/mol. The summed E-state index contributed by atoms with van der Waals surface area (Å²) in [6, 6.07) is 16.6. The number of amides is 1. The molecule has 1 aromatic heterocycles. The quantitative estimate of drug-likeness (QED) is 0.298. The summed E-state index contributed by atoms with van der Waals surface area (Å²) in [5.41, 5.74) is 1.91. The number of aliphatic hydroxyl groups excluding tert-OH is 1. The maximum atomic E-state index is 13.1. The Morgan fingerprint density at radius 1 is 1.09 bits per heavy atom. The minimum Gasteiger partial charge on any atom is -0.507 e. The van der Waals surface area contributed by atoms with Crippen molar-refractivity contribution in [2.24, 2.45) is 0 Å². The summed E-state index contributed by atoms with van der Waals surface area (Å²) in [4.78, 5) is 31.7. The highest BCUT2D eigenvalue weighted by molar-refractivity contribution is 6.46. The van der Waals surface area contributed by atoms with E-state index >= 15 is 0 Å². The zero-order valence-electron chi connectivity index (χ0n) is 18.1. The first-order valence-electron chi connectivity index (χ1n) is 10.7. The number of benzene rings is 2. The molecule has 6 nitrogen and oxygen atoms in total. The van der Waals surface area contributed by atoms with Gasteiger partial charge in [0, 0.05) is 29.5 Å². The molecule has 0 saturated carbocycles. The number of aromatic nitrogens is 1. The molecule has 168 valence electrons. The molecule has 0 spiro atoms. The molecular formula is C26H23ClN2O4. The molecule has 2 heterocycles. The lowest BCUT2D eigenvalue weighted by molar-refractivity contribution is -0.140. The Hall–Kier alpha value is -3.64. The summed E-state index contributed by atoms with van der Waals surface area (Å²) in [6.07, 6.45) is 4.18. The first-order valence-corrected chi connectivity index (χ1v) is 11.0. The van der Waals surface area contributed by atoms with Crippen LogP contribution in [-0.2, 0) is 16.1 Å². The molecule has 1 N–H and O–H groups in total. The molecule has 0 bridgehead atoms. The number of hydrogen-bond acceptors (Lipinski definition) is 5. The minimum atomic E-state index is -0.763. The Balaban J connectivity index is 1.80. The van der Waals surface area contributed by atoms with E-state index in [1.807, 2.05) is 25.1 Å². The van der Waals surface area contributed by atoms with Crippen LogP contribution in [0.3, 0.4) is 0 Å². The monoisotopic (exact) mass is 462 g/mol. The molecule has 1 aliphatic heterocycles. The molecule has 0 radical (unpaired) electrons. The van der Waals surface area contributed by atoms with Crippen LogP contribution in [0, 0.1) is 0 Å². The van der Waals surface area contributed by atoms with Gasteiger partial charge in [0.1, 0.15) is 11.5 Å². The fourth-order valence-corrected chi connectivity index (χ4v) is 3.93. The number of pyridine rings is 1. The number of rotatable bonds is 7. The van der Waals surface area contributed by atoms with Crippen molar-refractivity contribution in [3.8, 4) is 5.75 Å². The Labute approximate surface area is 197 Å². The number of carbonyl (C=O) groups is 2. The van der Waals surface area contributed by atoms with Gasteiger partial charge in [-0.15, -0.1) is 0 Å². The molecule has 2 aromatic carbocycles. The number of halogens is 1. The lowest BCUT2D eigenvalue weighted by Gasteiger charge is -2.25. The van der Waals surface area contributed by atoms with Gasteiger partial charge in [-0.3, -0.25) is 14.6 Å². The van der Waals surface area contributed by atoms with E-state index in [0.29, 0.717) is 28.5 Å². The summed E-state index contributed by atoms with van der Waals surface area (Å²) in [5, 5.41) is 11.6. The largest absolute Gasteiger partial charge is 0.507 e. The Bertz CT molecular complexity index is 1180. The smallest absolute Gasteiger partial charge is 0.295 e. The number of nitrogens with zero attached hydrogens (tertiary/aromatic N) is 2. The van der Waals surface area contributed by atoms with Gasteiger partial charge in [-0.2, -0.15) is 0 Å². The molecule has 7 heteroatoms. The second-order valence-corrected chi connectivity index (χ2v) is 8.15. The molecule has 1 amide bonds. The summed E-state index contributed by atoms with van der Waals surface area (Å²) in [5.74, 6) is -0.953. The zero-order valence-corrected chi connectivity index (χ0v) is 18.8. The van der Waals surface area contributed by atoms with E-state index in [4.69, 9.17) is 16.3 Å². The van der Waals surface area contributed by atoms with E-state index in [2.05, 4.69) is 4.98 Å². The first-order chi connectivity index (χ1) is 16.0. The number of carbonyl (C=O) groups excluding carboxylic acids is 2. The van der Waals surface area contributed by atoms with Crippen LogP contribution in [-0.4, -0.2) is 33.3 Å². The van der Waals surface area contributed by atoms with E-state index in [-0.39, 0.29) is 17.9 Å². The average molecular weight is 463 g/mol. The standard InChI is InChI=1S/C26H23ClN2O4/c1-2-14-33-21-11-7-18(8-12-21)23-22(24(30)19-5-9-20(27)10-6-19)25(31)26(32)29(23)16-17-4-3-13-28-15-17/h3-13,15,23,30H,2,14,16H2,1H3/b24-22-. The highest BCUT2D eigenvalue weighted by Gasteiger charge is 2.46. The first kappa shape index (κ1) is 22.6. The predicted octanol–water partition coefficient (Wildman–Crippen LogP) is 5.15. The molecule has 4 rings (SSSR count). The molecule has 1 saturated heterocycles. The van der Waals surface area contributed by atoms with E-state index in [1.54, 1.807) is 54.9 Å². The Kier molecular flexibility index (Phi) is 6.75. The maximum Gasteiger partial charge on any atom is 0.295 e. The van der Waals surface area contributed by atoms with Crippen LogP contribution in [0.5, 0.6) is 5.75 Å². The normalized spacial score (nSPS) is 17.4. The Morgan fingerprint density at radius 2 is 1.82 bits per heavy atom. The van der Waals surface area contributed by atoms with E-state index in [1.165, 1.54) is 4.90 Å². The van der Waals surface area contributed by atoms with Crippen LogP contribution >= 0.6 is 11.6 Å². The number of ketones is 1. The van der Waals surface area contributed by atoms with Gasteiger partial charge < -0.3 is 14.7 Å². The number of likely N-dealkylation sites (tertiary alicyclic amines) is 1. The lowest BCUT2D eigenvalue weighted by Crippen LogP contribution is -2.29. The van der Waals surface area contributed by atoms with Crippen molar-refractivity contribution >= 4 is 29.1 Å². The van der Waals surface area contributed by atoms with Gasteiger partial charge in [-0.05, 0) is 60.0 Å². The van der Waals surface area contributed by atoms with Crippen molar-refractivity contribution in [3.63, 3.8) is 0 Å². The third-order valence-electron chi connectivity index (χ3n) is 5.40. The van der Waals surface area contributed by atoms with Crippen LogP contribution in [0.15, 0.2) is 78.6 Å². The topological polar surface area (TPSA) is 79.7 Å². The van der Waals surface area contributed by atoms with Crippen LogP contribution in [0.2, 0.25) is 5.02 Å².